The highest BCUT2D eigenvalue weighted by molar-refractivity contribution is 7.13. The molecule has 0 saturated carbocycles. The lowest BCUT2D eigenvalue weighted by Crippen LogP contribution is -2.47. The summed E-state index contributed by atoms with van der Waals surface area (Å²) in [5.41, 5.74) is 4.89. The van der Waals surface area contributed by atoms with E-state index in [4.69, 9.17) is 28.2 Å². The lowest BCUT2D eigenvalue weighted by atomic mass is 10.0. The van der Waals surface area contributed by atoms with Crippen LogP contribution >= 0.6 is 34.5 Å². The highest BCUT2D eigenvalue weighted by Crippen LogP contribution is 2.33. The summed E-state index contributed by atoms with van der Waals surface area (Å²) in [6.07, 6.45) is 1.88. The number of amides is 1. The second kappa shape index (κ2) is 12.2. The topological polar surface area (TPSA) is 70.5 Å². The van der Waals surface area contributed by atoms with Gasteiger partial charge in [-0.25, -0.2) is 4.98 Å². The third kappa shape index (κ3) is 6.11. The quantitative estimate of drug-likeness (QED) is 0.272. The van der Waals surface area contributed by atoms with E-state index in [0.29, 0.717) is 63.7 Å². The number of benzene rings is 2. The second-order valence-electron chi connectivity index (χ2n) is 10.3. The molecule has 3 heterocycles. The van der Waals surface area contributed by atoms with Gasteiger partial charge in [0, 0.05) is 61.9 Å². The van der Waals surface area contributed by atoms with Crippen molar-refractivity contribution in [2.75, 3.05) is 45.2 Å². The molecule has 41 heavy (non-hydrogen) atoms. The lowest BCUT2D eigenvalue weighted by Gasteiger charge is -2.29. The Bertz CT molecular complexity index is 1680. The molecule has 1 aliphatic rings. The first-order valence-electron chi connectivity index (χ1n) is 13.3. The van der Waals surface area contributed by atoms with Crippen LogP contribution in [0.25, 0.3) is 33.6 Å². The summed E-state index contributed by atoms with van der Waals surface area (Å²) < 4.78 is 1.57. The van der Waals surface area contributed by atoms with Crippen LogP contribution in [0.2, 0.25) is 10.0 Å². The molecular weight excluding hydrogens is 577 g/mol. The van der Waals surface area contributed by atoms with Gasteiger partial charge in [0.05, 0.1) is 33.2 Å². The molecule has 0 unspecified atom stereocenters. The third-order valence-corrected chi connectivity index (χ3v) is 8.31. The van der Waals surface area contributed by atoms with Crippen LogP contribution in [0.5, 0.6) is 0 Å². The van der Waals surface area contributed by atoms with Gasteiger partial charge in [-0.15, -0.1) is 11.3 Å². The molecule has 1 saturated heterocycles. The van der Waals surface area contributed by atoms with Crippen molar-refractivity contribution in [3.63, 3.8) is 0 Å². The minimum absolute atomic E-state index is 0.136. The Morgan fingerprint density at radius 3 is 2.41 bits per heavy atom. The van der Waals surface area contributed by atoms with E-state index < -0.39 is 0 Å². The molecule has 0 atom stereocenters. The molecule has 0 radical (unpaired) electrons. The average molecular weight is 609 g/mol. The number of hydrogen-bond donors (Lipinski definition) is 1. The number of nitrogens with one attached hydrogen (secondary N) is 1. The highest BCUT2D eigenvalue weighted by Gasteiger charge is 2.27. The van der Waals surface area contributed by atoms with Crippen molar-refractivity contribution in [1.82, 2.24) is 19.8 Å². The largest absolute Gasteiger partial charge is 0.378 e. The molecule has 2 aromatic heterocycles. The molecule has 0 spiro atoms. The molecular formula is C31H31Cl2N5O2S. The van der Waals surface area contributed by atoms with E-state index in [0.717, 1.165) is 22.5 Å². The van der Waals surface area contributed by atoms with Crippen LogP contribution in [-0.4, -0.2) is 60.6 Å². The number of piperazine rings is 1. The minimum atomic E-state index is -0.302. The molecule has 4 aromatic rings. The number of aromatic nitrogens is 2. The molecule has 1 fully saturated rings. The van der Waals surface area contributed by atoms with Gasteiger partial charge in [0.15, 0.2) is 0 Å². The van der Waals surface area contributed by atoms with Gasteiger partial charge in [0.1, 0.15) is 5.01 Å². The summed E-state index contributed by atoms with van der Waals surface area (Å²) in [6.45, 7) is 6.47. The summed E-state index contributed by atoms with van der Waals surface area (Å²) in [5, 5.41) is 6.76. The number of anilines is 1. The molecule has 7 nitrogen and oxygen atoms in total. The third-order valence-electron chi connectivity index (χ3n) is 6.86. The molecule has 1 aliphatic heterocycles. The van der Waals surface area contributed by atoms with Crippen LogP contribution in [-0.2, 0) is 0 Å². The zero-order valence-electron chi connectivity index (χ0n) is 23.4. The van der Waals surface area contributed by atoms with E-state index in [-0.39, 0.29) is 11.5 Å². The van der Waals surface area contributed by atoms with E-state index in [9.17, 15) is 9.59 Å². The average Bonchev–Trinajstić information content (AvgIpc) is 3.44. The molecule has 10 heteroatoms. The molecule has 2 aromatic carbocycles. The van der Waals surface area contributed by atoms with Gasteiger partial charge in [-0.3, -0.25) is 14.2 Å². The van der Waals surface area contributed by atoms with Gasteiger partial charge in [0.2, 0.25) is 0 Å². The first-order chi connectivity index (χ1) is 19.6. The molecule has 5 rings (SSSR count). The van der Waals surface area contributed by atoms with Crippen LogP contribution in [0, 0.1) is 0 Å². The first kappa shape index (κ1) is 29.1. The van der Waals surface area contributed by atoms with Crippen molar-refractivity contribution in [1.29, 1.82) is 0 Å². The van der Waals surface area contributed by atoms with Gasteiger partial charge in [-0.1, -0.05) is 40.9 Å². The predicted octanol–water partition coefficient (Wildman–Crippen LogP) is 6.47. The van der Waals surface area contributed by atoms with Gasteiger partial charge in [-0.2, -0.15) is 0 Å². The fourth-order valence-electron chi connectivity index (χ4n) is 4.75. The van der Waals surface area contributed by atoms with Crippen molar-refractivity contribution in [3.05, 3.63) is 91.1 Å². The number of carbonyl (C=O) groups excluding carboxylic acids is 1. The Labute approximate surface area is 253 Å². The Balaban J connectivity index is 1.79. The number of nitrogens with zero attached hydrogens (tertiary/aromatic N) is 4. The second-order valence-corrected chi connectivity index (χ2v) is 12.0. The number of rotatable bonds is 6. The Kier molecular flexibility index (Phi) is 8.66. The Morgan fingerprint density at radius 2 is 1.76 bits per heavy atom. The van der Waals surface area contributed by atoms with Gasteiger partial charge in [-0.05, 0) is 56.3 Å². The fourth-order valence-corrected chi connectivity index (χ4v) is 5.91. The molecule has 1 N–H and O–H groups in total. The SMILES string of the molecule is CC(C)=Cc1c(C(=O)N2CCNCC2)cc(-c2nc(-c3ccc(Cl)cc3)cs2)c(=O)n1-c1cc(N(C)C)ccc1Cl. The first-order valence-corrected chi connectivity index (χ1v) is 14.9. The zero-order valence-corrected chi connectivity index (χ0v) is 25.7. The summed E-state index contributed by atoms with van der Waals surface area (Å²) in [7, 11) is 3.85. The maximum atomic E-state index is 14.4. The van der Waals surface area contributed by atoms with Crippen LogP contribution in [0.15, 0.2) is 64.3 Å². The van der Waals surface area contributed by atoms with Gasteiger partial charge >= 0.3 is 0 Å². The summed E-state index contributed by atoms with van der Waals surface area (Å²) in [6, 6.07) is 14.6. The molecule has 1 amide bonds. The Morgan fingerprint density at radius 1 is 1.05 bits per heavy atom. The van der Waals surface area contributed by atoms with Gasteiger partial charge < -0.3 is 15.1 Å². The summed E-state index contributed by atoms with van der Waals surface area (Å²) >= 11 is 14.2. The Hall–Kier alpha value is -3.43. The zero-order chi connectivity index (χ0) is 29.3. The van der Waals surface area contributed by atoms with Crippen molar-refractivity contribution in [2.45, 2.75) is 13.8 Å². The van der Waals surface area contributed by atoms with Crippen LogP contribution in [0.1, 0.15) is 29.9 Å². The molecule has 0 aliphatic carbocycles. The maximum absolute atomic E-state index is 14.4. The lowest BCUT2D eigenvalue weighted by molar-refractivity contribution is 0.0735. The number of thiazole rings is 1. The summed E-state index contributed by atoms with van der Waals surface area (Å²) in [4.78, 5) is 37.1. The monoisotopic (exact) mass is 607 g/mol. The normalized spacial score (nSPS) is 13.3. The van der Waals surface area contributed by atoms with E-state index in [1.807, 2.05) is 73.5 Å². The number of halogens is 2. The van der Waals surface area contributed by atoms with Crippen molar-refractivity contribution in [2.24, 2.45) is 0 Å². The smallest absolute Gasteiger partial charge is 0.265 e. The van der Waals surface area contributed by atoms with E-state index in [1.165, 1.54) is 11.3 Å². The molecule has 212 valence electrons. The predicted molar refractivity (Wildman–Crippen MR) is 171 cm³/mol. The number of allylic oxidation sites excluding steroid dienone is 1. The highest BCUT2D eigenvalue weighted by atomic mass is 35.5. The van der Waals surface area contributed by atoms with E-state index in [1.54, 1.807) is 28.8 Å². The van der Waals surface area contributed by atoms with Crippen molar-refractivity contribution in [3.8, 4) is 27.5 Å². The molecule has 0 bridgehead atoms. The summed E-state index contributed by atoms with van der Waals surface area (Å²) in [5.74, 6) is -0.136. The van der Waals surface area contributed by atoms with Crippen LogP contribution in [0.3, 0.4) is 0 Å². The van der Waals surface area contributed by atoms with Crippen molar-refractivity contribution >= 4 is 52.2 Å². The minimum Gasteiger partial charge on any atom is -0.378 e. The van der Waals surface area contributed by atoms with Gasteiger partial charge in [0.25, 0.3) is 11.5 Å². The van der Waals surface area contributed by atoms with Crippen molar-refractivity contribution < 1.29 is 4.79 Å². The van der Waals surface area contributed by atoms with E-state index in [2.05, 4.69) is 5.32 Å². The van der Waals surface area contributed by atoms with Crippen LogP contribution in [0.4, 0.5) is 5.69 Å². The fraction of sp³-hybridized carbons (Fsp3) is 0.258. The maximum Gasteiger partial charge on any atom is 0.265 e. The van der Waals surface area contributed by atoms with Crippen LogP contribution < -0.4 is 15.8 Å². The number of carbonyl (C=O) groups is 1. The standard InChI is InChI=1S/C31H31Cl2N5O2S/c1-19(2)15-27-23(30(39)37-13-11-34-12-14-37)17-24(29-35-26(18-41-29)20-5-7-21(32)8-6-20)31(40)38(27)28-16-22(36(3)4)9-10-25(28)33/h5-10,15-18,34H,11-14H2,1-4H3. The van der Waals surface area contributed by atoms with E-state index >= 15 is 0 Å². The number of hydrogen-bond acceptors (Lipinski definition) is 6. The number of pyridine rings is 1.